The van der Waals surface area contributed by atoms with Gasteiger partial charge in [-0.1, -0.05) is 19.3 Å². The third kappa shape index (κ3) is 2.82. The molecule has 100 valence electrons. The van der Waals surface area contributed by atoms with E-state index in [1.807, 2.05) is 0 Å². The topological polar surface area (TPSA) is 66.5 Å². The molecule has 0 bridgehead atoms. The number of aliphatic hydroxyl groups is 1. The second-order valence-corrected chi connectivity index (χ2v) is 5.12. The van der Waals surface area contributed by atoms with Crippen LogP contribution < -0.4 is 5.73 Å². The van der Waals surface area contributed by atoms with E-state index in [4.69, 9.17) is 5.73 Å². The number of hydrogen-bond donors (Lipinski definition) is 3. The molecule has 4 N–H and O–H groups in total. The third-order valence-corrected chi connectivity index (χ3v) is 3.85. The maximum Gasteiger partial charge on any atom is 0.123 e. The number of hydrogen-bond acceptors (Lipinski definition) is 3. The molecular weight excluding hydrogens is 233 g/mol. The Labute approximate surface area is 106 Å². The minimum absolute atomic E-state index is 0.0567. The predicted octanol–water partition coefficient (Wildman–Crippen LogP) is 2.47. The average Bonchev–Trinajstić information content (AvgIpc) is 2.41. The van der Waals surface area contributed by atoms with Crippen LogP contribution in [0, 0.1) is 11.7 Å². The molecule has 2 rings (SSSR count). The van der Waals surface area contributed by atoms with Gasteiger partial charge in [0, 0.05) is 5.56 Å². The summed E-state index contributed by atoms with van der Waals surface area (Å²) in [5.41, 5.74) is 6.25. The second kappa shape index (κ2) is 5.67. The maximum atomic E-state index is 13.2. The molecule has 1 aromatic rings. The summed E-state index contributed by atoms with van der Waals surface area (Å²) in [4.78, 5) is 0. The molecule has 0 unspecified atom stereocenters. The lowest BCUT2D eigenvalue weighted by Crippen LogP contribution is -2.34. The standard InChI is InChI=1S/C14H20FNO2/c15-10-6-7-12(17)11(8-10)13(16)14(18)9-4-2-1-3-5-9/h6-9,13-14,17-18H,1-5,16H2/t13-,14+/m1/s1. The van der Waals surface area contributed by atoms with Crippen molar-refractivity contribution in [3.63, 3.8) is 0 Å². The summed E-state index contributed by atoms with van der Waals surface area (Å²) in [6.45, 7) is 0. The number of aliphatic hydroxyl groups excluding tert-OH is 1. The monoisotopic (exact) mass is 253 g/mol. The van der Waals surface area contributed by atoms with Gasteiger partial charge in [0.05, 0.1) is 12.1 Å². The van der Waals surface area contributed by atoms with Crippen molar-refractivity contribution in [1.82, 2.24) is 0 Å². The van der Waals surface area contributed by atoms with Crippen molar-refractivity contribution in [2.45, 2.75) is 44.2 Å². The van der Waals surface area contributed by atoms with Crippen molar-refractivity contribution >= 4 is 0 Å². The Kier molecular flexibility index (Phi) is 4.19. The zero-order chi connectivity index (χ0) is 13.1. The van der Waals surface area contributed by atoms with E-state index >= 15 is 0 Å². The van der Waals surface area contributed by atoms with Crippen LogP contribution in [-0.2, 0) is 0 Å². The Morgan fingerprint density at radius 1 is 1.22 bits per heavy atom. The van der Waals surface area contributed by atoms with Crippen molar-refractivity contribution in [3.05, 3.63) is 29.6 Å². The van der Waals surface area contributed by atoms with Crippen molar-refractivity contribution in [2.24, 2.45) is 11.7 Å². The van der Waals surface area contributed by atoms with E-state index in [1.165, 1.54) is 24.6 Å². The highest BCUT2D eigenvalue weighted by atomic mass is 19.1. The summed E-state index contributed by atoms with van der Waals surface area (Å²) < 4.78 is 13.2. The summed E-state index contributed by atoms with van der Waals surface area (Å²) in [6.07, 6.45) is 4.57. The Morgan fingerprint density at radius 3 is 2.56 bits per heavy atom. The predicted molar refractivity (Wildman–Crippen MR) is 67.6 cm³/mol. The van der Waals surface area contributed by atoms with Gasteiger partial charge < -0.3 is 15.9 Å². The first-order chi connectivity index (χ1) is 8.59. The molecule has 0 radical (unpaired) electrons. The van der Waals surface area contributed by atoms with Crippen molar-refractivity contribution in [1.29, 1.82) is 0 Å². The Morgan fingerprint density at radius 2 is 1.89 bits per heavy atom. The molecule has 1 fully saturated rings. The number of phenols is 1. The van der Waals surface area contributed by atoms with Gasteiger partial charge in [-0.2, -0.15) is 0 Å². The fourth-order valence-electron chi connectivity index (χ4n) is 2.75. The molecular formula is C14H20FNO2. The molecule has 3 nitrogen and oxygen atoms in total. The number of aromatic hydroxyl groups is 1. The van der Waals surface area contributed by atoms with Crippen LogP contribution in [-0.4, -0.2) is 16.3 Å². The minimum Gasteiger partial charge on any atom is -0.508 e. The molecule has 0 saturated heterocycles. The van der Waals surface area contributed by atoms with Gasteiger partial charge in [0.25, 0.3) is 0 Å². The molecule has 0 heterocycles. The van der Waals surface area contributed by atoms with Crippen molar-refractivity contribution in [3.8, 4) is 5.75 Å². The number of benzene rings is 1. The highest BCUT2D eigenvalue weighted by Crippen LogP contribution is 2.34. The average molecular weight is 253 g/mol. The van der Waals surface area contributed by atoms with Crippen molar-refractivity contribution in [2.75, 3.05) is 0 Å². The molecule has 1 aliphatic rings. The molecule has 0 aromatic heterocycles. The summed E-state index contributed by atoms with van der Waals surface area (Å²) in [7, 11) is 0. The lowest BCUT2D eigenvalue weighted by molar-refractivity contribution is 0.0610. The van der Waals surface area contributed by atoms with Crippen LogP contribution in [0.25, 0.3) is 0 Å². The van der Waals surface area contributed by atoms with Crippen LogP contribution in [0.15, 0.2) is 18.2 Å². The van der Waals surface area contributed by atoms with Gasteiger partial charge in [0.2, 0.25) is 0 Å². The summed E-state index contributed by atoms with van der Waals surface area (Å²) in [5.74, 6) is -0.357. The molecule has 0 aliphatic heterocycles. The molecule has 0 amide bonds. The number of nitrogens with two attached hydrogens (primary N) is 1. The molecule has 1 aromatic carbocycles. The zero-order valence-electron chi connectivity index (χ0n) is 10.3. The van der Waals surface area contributed by atoms with Crippen LogP contribution in [0.3, 0.4) is 0 Å². The normalized spacial score (nSPS) is 20.6. The summed E-state index contributed by atoms with van der Waals surface area (Å²) >= 11 is 0. The van der Waals surface area contributed by atoms with E-state index in [1.54, 1.807) is 0 Å². The SMILES string of the molecule is N[C@H](c1cc(F)ccc1O)[C@@H](O)C1CCCCC1. The van der Waals surface area contributed by atoms with Gasteiger partial charge in [0.1, 0.15) is 11.6 Å². The fraction of sp³-hybridized carbons (Fsp3) is 0.571. The van der Waals surface area contributed by atoms with Crippen LogP contribution in [0.5, 0.6) is 5.75 Å². The molecule has 0 spiro atoms. The smallest absolute Gasteiger partial charge is 0.123 e. The van der Waals surface area contributed by atoms with E-state index in [2.05, 4.69) is 0 Å². The van der Waals surface area contributed by atoms with Gasteiger partial charge in [-0.25, -0.2) is 4.39 Å². The van der Waals surface area contributed by atoms with Gasteiger partial charge in [0.15, 0.2) is 0 Å². The van der Waals surface area contributed by atoms with E-state index < -0.39 is 18.0 Å². The van der Waals surface area contributed by atoms with Gasteiger partial charge in [-0.15, -0.1) is 0 Å². The lowest BCUT2D eigenvalue weighted by atomic mass is 9.81. The second-order valence-electron chi connectivity index (χ2n) is 5.12. The molecule has 18 heavy (non-hydrogen) atoms. The Bertz CT molecular complexity index is 405. The van der Waals surface area contributed by atoms with Crippen LogP contribution in [0.1, 0.15) is 43.7 Å². The van der Waals surface area contributed by atoms with Gasteiger partial charge >= 0.3 is 0 Å². The Balaban J connectivity index is 2.13. The van der Waals surface area contributed by atoms with Gasteiger partial charge in [-0.05, 0) is 37.0 Å². The van der Waals surface area contributed by atoms with E-state index in [0.29, 0.717) is 0 Å². The van der Waals surface area contributed by atoms with Crippen molar-refractivity contribution < 1.29 is 14.6 Å². The van der Waals surface area contributed by atoms with Gasteiger partial charge in [-0.3, -0.25) is 0 Å². The van der Waals surface area contributed by atoms with E-state index in [9.17, 15) is 14.6 Å². The highest BCUT2D eigenvalue weighted by molar-refractivity contribution is 5.35. The highest BCUT2D eigenvalue weighted by Gasteiger charge is 2.29. The van der Waals surface area contributed by atoms with E-state index in [-0.39, 0.29) is 17.2 Å². The molecule has 1 aliphatic carbocycles. The minimum atomic E-state index is -0.733. The summed E-state index contributed by atoms with van der Waals surface area (Å²) in [5, 5.41) is 19.9. The van der Waals surface area contributed by atoms with Crippen LogP contribution in [0.4, 0.5) is 4.39 Å². The fourth-order valence-corrected chi connectivity index (χ4v) is 2.75. The number of phenolic OH excluding ortho intramolecular Hbond substituents is 1. The number of halogens is 1. The molecule has 2 atom stereocenters. The first-order valence-electron chi connectivity index (χ1n) is 6.51. The molecule has 4 heteroatoms. The zero-order valence-corrected chi connectivity index (χ0v) is 10.3. The first kappa shape index (κ1) is 13.3. The summed E-state index contributed by atoms with van der Waals surface area (Å²) in [6, 6.07) is 2.92. The molecule has 1 saturated carbocycles. The van der Waals surface area contributed by atoms with Crippen LogP contribution in [0.2, 0.25) is 0 Å². The van der Waals surface area contributed by atoms with E-state index in [0.717, 1.165) is 25.7 Å². The third-order valence-electron chi connectivity index (χ3n) is 3.85. The van der Waals surface area contributed by atoms with Crippen LogP contribution >= 0.6 is 0 Å². The Hall–Kier alpha value is -1.13. The first-order valence-corrected chi connectivity index (χ1v) is 6.51. The lowest BCUT2D eigenvalue weighted by Gasteiger charge is -2.30. The maximum absolute atomic E-state index is 13.2. The quantitative estimate of drug-likeness (QED) is 0.775. The largest absolute Gasteiger partial charge is 0.508 e. The number of rotatable bonds is 3.